The summed E-state index contributed by atoms with van der Waals surface area (Å²) < 4.78 is 0. The molecule has 2 atom stereocenters. The Balaban J connectivity index is 2.45. The van der Waals surface area contributed by atoms with E-state index in [1.807, 2.05) is 0 Å². The van der Waals surface area contributed by atoms with Crippen molar-refractivity contribution >= 4 is 11.8 Å². The van der Waals surface area contributed by atoms with Gasteiger partial charge in [-0.1, -0.05) is 52.4 Å². The normalized spacial score (nSPS) is 20.4. The van der Waals surface area contributed by atoms with Crippen LogP contribution in [0, 0.1) is 5.92 Å². The highest BCUT2D eigenvalue weighted by atomic mass is 16.2. The SMILES string of the molecule is CCCCCCC1CC(=O)N(C(CCCC)C(N)=O)C1. The van der Waals surface area contributed by atoms with E-state index in [1.54, 1.807) is 4.90 Å². The van der Waals surface area contributed by atoms with Crippen LogP contribution in [0.2, 0.25) is 0 Å². The van der Waals surface area contributed by atoms with Gasteiger partial charge in [0.25, 0.3) is 0 Å². The Morgan fingerprint density at radius 1 is 1.25 bits per heavy atom. The van der Waals surface area contributed by atoms with Gasteiger partial charge in [-0.05, 0) is 18.8 Å². The van der Waals surface area contributed by atoms with Crippen molar-refractivity contribution in [2.24, 2.45) is 11.7 Å². The third-order valence-corrected chi connectivity index (χ3v) is 4.24. The molecule has 1 fully saturated rings. The van der Waals surface area contributed by atoms with E-state index in [4.69, 9.17) is 5.73 Å². The van der Waals surface area contributed by atoms with Crippen LogP contribution in [0.15, 0.2) is 0 Å². The molecule has 2 unspecified atom stereocenters. The second-order valence-electron chi connectivity index (χ2n) is 6.03. The van der Waals surface area contributed by atoms with Gasteiger partial charge in [-0.25, -0.2) is 0 Å². The van der Waals surface area contributed by atoms with Gasteiger partial charge in [0.05, 0.1) is 0 Å². The van der Waals surface area contributed by atoms with Crippen molar-refractivity contribution in [3.63, 3.8) is 0 Å². The molecule has 0 aromatic rings. The highest BCUT2D eigenvalue weighted by Gasteiger charge is 2.35. The van der Waals surface area contributed by atoms with Crippen LogP contribution < -0.4 is 5.73 Å². The molecule has 4 heteroatoms. The van der Waals surface area contributed by atoms with E-state index in [2.05, 4.69) is 13.8 Å². The molecule has 2 N–H and O–H groups in total. The first kappa shape index (κ1) is 17.0. The number of primary amides is 1. The molecule has 0 aliphatic carbocycles. The van der Waals surface area contributed by atoms with Gasteiger partial charge >= 0.3 is 0 Å². The summed E-state index contributed by atoms with van der Waals surface area (Å²) in [5.74, 6) is 0.187. The minimum Gasteiger partial charge on any atom is -0.368 e. The van der Waals surface area contributed by atoms with E-state index in [1.165, 1.54) is 25.7 Å². The van der Waals surface area contributed by atoms with Crippen molar-refractivity contribution in [3.05, 3.63) is 0 Å². The van der Waals surface area contributed by atoms with Gasteiger partial charge in [-0.3, -0.25) is 9.59 Å². The molecule has 0 aromatic carbocycles. The largest absolute Gasteiger partial charge is 0.368 e. The summed E-state index contributed by atoms with van der Waals surface area (Å²) >= 11 is 0. The highest BCUT2D eigenvalue weighted by molar-refractivity contribution is 5.87. The fourth-order valence-corrected chi connectivity index (χ4v) is 3.01. The Morgan fingerprint density at radius 2 is 1.95 bits per heavy atom. The summed E-state index contributed by atoms with van der Waals surface area (Å²) in [6.07, 6.45) is 9.31. The van der Waals surface area contributed by atoms with Crippen molar-refractivity contribution in [3.8, 4) is 0 Å². The quantitative estimate of drug-likeness (QED) is 0.626. The smallest absolute Gasteiger partial charge is 0.240 e. The first-order valence-corrected chi connectivity index (χ1v) is 8.18. The van der Waals surface area contributed by atoms with Crippen molar-refractivity contribution < 1.29 is 9.59 Å². The molecule has 1 aliphatic heterocycles. The zero-order valence-electron chi connectivity index (χ0n) is 13.1. The van der Waals surface area contributed by atoms with Gasteiger partial charge in [0.15, 0.2) is 0 Å². The maximum absolute atomic E-state index is 12.1. The van der Waals surface area contributed by atoms with Crippen LogP contribution in [0.25, 0.3) is 0 Å². The number of carbonyl (C=O) groups excluding carboxylic acids is 2. The Hall–Kier alpha value is -1.06. The molecule has 0 bridgehead atoms. The number of nitrogens with two attached hydrogens (primary N) is 1. The van der Waals surface area contributed by atoms with Gasteiger partial charge in [-0.15, -0.1) is 0 Å². The van der Waals surface area contributed by atoms with Gasteiger partial charge in [-0.2, -0.15) is 0 Å². The van der Waals surface area contributed by atoms with Crippen molar-refractivity contribution in [2.45, 2.75) is 77.7 Å². The molecule has 0 spiro atoms. The Labute approximate surface area is 123 Å². The van der Waals surface area contributed by atoms with E-state index in [0.29, 0.717) is 18.8 Å². The highest BCUT2D eigenvalue weighted by Crippen LogP contribution is 2.26. The number of hydrogen-bond donors (Lipinski definition) is 1. The van der Waals surface area contributed by atoms with Crippen LogP contribution in [0.3, 0.4) is 0 Å². The number of nitrogens with zero attached hydrogens (tertiary/aromatic N) is 1. The molecule has 0 aromatic heterocycles. The summed E-state index contributed by atoms with van der Waals surface area (Å²) in [6, 6.07) is -0.386. The standard InChI is InChI=1S/C16H30N2O2/c1-3-5-7-8-9-13-11-15(19)18(12-13)14(16(17)20)10-6-4-2/h13-14H,3-12H2,1-2H3,(H2,17,20). The van der Waals surface area contributed by atoms with Crippen LogP contribution in [0.1, 0.15) is 71.6 Å². The first-order valence-electron chi connectivity index (χ1n) is 8.18. The lowest BCUT2D eigenvalue weighted by Crippen LogP contribution is -2.45. The summed E-state index contributed by atoms with van der Waals surface area (Å²) in [7, 11) is 0. The predicted molar refractivity (Wildman–Crippen MR) is 81.1 cm³/mol. The topological polar surface area (TPSA) is 63.4 Å². The summed E-state index contributed by atoms with van der Waals surface area (Å²) in [4.78, 5) is 25.4. The van der Waals surface area contributed by atoms with Crippen LogP contribution in [-0.2, 0) is 9.59 Å². The molecule has 2 amide bonds. The molecule has 1 rings (SSSR count). The van der Waals surface area contributed by atoms with Crippen molar-refractivity contribution in [2.75, 3.05) is 6.54 Å². The van der Waals surface area contributed by atoms with Gasteiger partial charge in [0.1, 0.15) is 6.04 Å². The molecule has 1 heterocycles. The lowest BCUT2D eigenvalue weighted by Gasteiger charge is -2.25. The predicted octanol–water partition coefficient (Wildman–Crippen LogP) is 2.85. The van der Waals surface area contributed by atoms with Crippen LogP contribution in [0.4, 0.5) is 0 Å². The van der Waals surface area contributed by atoms with Crippen molar-refractivity contribution in [1.82, 2.24) is 4.90 Å². The maximum atomic E-state index is 12.1. The molecule has 0 saturated carbocycles. The minimum absolute atomic E-state index is 0.116. The number of amides is 2. The molecule has 0 radical (unpaired) electrons. The van der Waals surface area contributed by atoms with Crippen LogP contribution in [0.5, 0.6) is 0 Å². The summed E-state index contributed by atoms with van der Waals surface area (Å²) in [6.45, 7) is 5.01. The lowest BCUT2D eigenvalue weighted by molar-refractivity contribution is -0.136. The zero-order chi connectivity index (χ0) is 15.0. The lowest BCUT2D eigenvalue weighted by atomic mass is 10.00. The second-order valence-corrected chi connectivity index (χ2v) is 6.03. The van der Waals surface area contributed by atoms with Gasteiger partial charge in [0, 0.05) is 13.0 Å². The number of rotatable bonds is 10. The molecular weight excluding hydrogens is 252 g/mol. The summed E-state index contributed by atoms with van der Waals surface area (Å²) in [5.41, 5.74) is 5.47. The van der Waals surface area contributed by atoms with E-state index in [9.17, 15) is 9.59 Å². The molecule has 1 saturated heterocycles. The third kappa shape index (κ3) is 5.14. The number of hydrogen-bond acceptors (Lipinski definition) is 2. The molecule has 116 valence electrons. The molecule has 20 heavy (non-hydrogen) atoms. The fraction of sp³-hybridized carbons (Fsp3) is 0.875. The third-order valence-electron chi connectivity index (χ3n) is 4.24. The maximum Gasteiger partial charge on any atom is 0.240 e. The van der Waals surface area contributed by atoms with Crippen LogP contribution >= 0.6 is 0 Å². The fourth-order valence-electron chi connectivity index (χ4n) is 3.01. The van der Waals surface area contributed by atoms with Crippen molar-refractivity contribution in [1.29, 1.82) is 0 Å². The Morgan fingerprint density at radius 3 is 2.55 bits per heavy atom. The average Bonchev–Trinajstić information content (AvgIpc) is 2.76. The molecule has 4 nitrogen and oxygen atoms in total. The van der Waals surface area contributed by atoms with E-state index < -0.39 is 0 Å². The Bertz CT molecular complexity index is 318. The zero-order valence-corrected chi connectivity index (χ0v) is 13.1. The molecular formula is C16H30N2O2. The number of likely N-dealkylation sites (tertiary alicyclic amines) is 1. The van der Waals surface area contributed by atoms with E-state index in [0.717, 1.165) is 25.8 Å². The second kappa shape index (κ2) is 8.98. The van der Waals surface area contributed by atoms with Gasteiger partial charge in [0.2, 0.25) is 11.8 Å². The van der Waals surface area contributed by atoms with E-state index in [-0.39, 0.29) is 17.9 Å². The number of carbonyl (C=O) groups is 2. The van der Waals surface area contributed by atoms with Crippen LogP contribution in [-0.4, -0.2) is 29.3 Å². The monoisotopic (exact) mass is 282 g/mol. The summed E-state index contributed by atoms with van der Waals surface area (Å²) in [5, 5.41) is 0. The van der Waals surface area contributed by atoms with Gasteiger partial charge < -0.3 is 10.6 Å². The van der Waals surface area contributed by atoms with E-state index >= 15 is 0 Å². The number of unbranched alkanes of at least 4 members (excludes halogenated alkanes) is 4. The molecule has 1 aliphatic rings. The Kier molecular flexibility index (Phi) is 7.63. The average molecular weight is 282 g/mol. The first-order chi connectivity index (χ1) is 9.60. The minimum atomic E-state index is -0.386.